The van der Waals surface area contributed by atoms with Crippen molar-refractivity contribution < 1.29 is 23.5 Å². The number of hydrogen-bond donors (Lipinski definition) is 2. The number of amides is 2. The summed E-state index contributed by atoms with van der Waals surface area (Å²) in [7, 11) is 0. The molecule has 0 unspecified atom stereocenters. The molecule has 166 valence electrons. The first kappa shape index (κ1) is 23.2. The van der Waals surface area contributed by atoms with Crippen molar-refractivity contribution in [3.8, 4) is 5.75 Å². The predicted octanol–water partition coefficient (Wildman–Crippen LogP) is 4.87. The minimum absolute atomic E-state index is 0.0170. The number of alkyl carbamates (subject to hydrolysis) is 1. The van der Waals surface area contributed by atoms with E-state index in [9.17, 15) is 14.0 Å². The smallest absolute Gasteiger partial charge is 0.407 e. The van der Waals surface area contributed by atoms with Crippen LogP contribution in [0.15, 0.2) is 42.5 Å². The zero-order valence-electron chi connectivity index (χ0n) is 17.1. The molecule has 0 saturated heterocycles. The zero-order valence-corrected chi connectivity index (χ0v) is 18.6. The van der Waals surface area contributed by atoms with Gasteiger partial charge in [0.15, 0.2) is 6.61 Å². The molecule has 1 saturated carbocycles. The molecule has 0 atom stereocenters. The van der Waals surface area contributed by atoms with Crippen LogP contribution in [0.25, 0.3) is 0 Å². The monoisotopic (exact) mass is 468 g/mol. The Morgan fingerprint density at radius 1 is 1.06 bits per heavy atom. The van der Waals surface area contributed by atoms with Gasteiger partial charge in [0.1, 0.15) is 18.2 Å². The minimum atomic E-state index is -0.616. The van der Waals surface area contributed by atoms with Crippen LogP contribution in [0.2, 0.25) is 10.0 Å². The highest BCUT2D eigenvalue weighted by Gasteiger charge is 2.50. The van der Waals surface area contributed by atoms with E-state index in [4.69, 9.17) is 32.7 Å². The highest BCUT2D eigenvalue weighted by Crippen LogP contribution is 2.41. The molecule has 2 aromatic rings. The van der Waals surface area contributed by atoms with Crippen molar-refractivity contribution in [1.82, 2.24) is 10.6 Å². The number of nitrogens with one attached hydrogen (secondary N) is 2. The third-order valence-electron chi connectivity index (χ3n) is 4.93. The van der Waals surface area contributed by atoms with Gasteiger partial charge in [0.2, 0.25) is 0 Å². The van der Waals surface area contributed by atoms with E-state index in [1.165, 1.54) is 12.1 Å². The zero-order chi connectivity index (χ0) is 22.6. The molecule has 0 heterocycles. The number of carbonyl (C=O) groups excluding carboxylic acids is 2. The fraction of sp³-hybridized carbons (Fsp3) is 0.364. The third-order valence-corrected chi connectivity index (χ3v) is 5.47. The van der Waals surface area contributed by atoms with E-state index in [1.807, 2.05) is 19.9 Å². The molecular weight excluding hydrogens is 446 g/mol. The molecule has 2 amide bonds. The van der Waals surface area contributed by atoms with E-state index in [0.29, 0.717) is 17.9 Å². The highest BCUT2D eigenvalue weighted by molar-refractivity contribution is 6.31. The van der Waals surface area contributed by atoms with Crippen molar-refractivity contribution in [2.75, 3.05) is 6.61 Å². The van der Waals surface area contributed by atoms with E-state index in [1.54, 1.807) is 18.2 Å². The van der Waals surface area contributed by atoms with Crippen LogP contribution < -0.4 is 15.4 Å². The molecule has 1 aliphatic rings. The summed E-state index contributed by atoms with van der Waals surface area (Å²) >= 11 is 11.5. The standard InChI is InChI=1S/C22H23Cl2FN2O4/c1-21(26-19(28)11-30-16-6-7-17(24)18(25)9-16)12-22(2,13-21)27-20(29)31-10-14-4-3-5-15(23)8-14/h3-9H,10-13H2,1-2H3,(H,26,28)(H,27,29). The molecule has 1 fully saturated rings. The molecule has 0 aromatic heterocycles. The van der Waals surface area contributed by atoms with Gasteiger partial charge in [-0.3, -0.25) is 4.79 Å². The topological polar surface area (TPSA) is 76.7 Å². The van der Waals surface area contributed by atoms with Gasteiger partial charge in [0, 0.05) is 22.2 Å². The van der Waals surface area contributed by atoms with Crippen molar-refractivity contribution in [3.05, 3.63) is 63.9 Å². The molecule has 3 rings (SSSR count). The number of carbonyl (C=O) groups is 2. The number of halogens is 3. The van der Waals surface area contributed by atoms with Crippen LogP contribution in [0.1, 0.15) is 32.3 Å². The van der Waals surface area contributed by atoms with Crippen molar-refractivity contribution in [2.45, 2.75) is 44.4 Å². The lowest BCUT2D eigenvalue weighted by Crippen LogP contribution is -2.68. The van der Waals surface area contributed by atoms with Crippen molar-refractivity contribution in [3.63, 3.8) is 0 Å². The molecule has 1 aliphatic carbocycles. The first-order valence-corrected chi connectivity index (χ1v) is 10.4. The van der Waals surface area contributed by atoms with E-state index in [2.05, 4.69) is 10.6 Å². The molecule has 0 bridgehead atoms. The average Bonchev–Trinajstić information content (AvgIpc) is 2.66. The van der Waals surface area contributed by atoms with Gasteiger partial charge < -0.3 is 20.1 Å². The Morgan fingerprint density at radius 3 is 2.45 bits per heavy atom. The normalized spacial score (nSPS) is 22.2. The lowest BCUT2D eigenvalue weighted by atomic mass is 9.64. The summed E-state index contributed by atoms with van der Waals surface area (Å²) in [6.45, 7) is 3.61. The molecule has 31 heavy (non-hydrogen) atoms. The predicted molar refractivity (Wildman–Crippen MR) is 116 cm³/mol. The number of hydrogen-bond acceptors (Lipinski definition) is 4. The summed E-state index contributed by atoms with van der Waals surface area (Å²) in [6, 6.07) is 11.0. The molecule has 0 radical (unpaired) electrons. The number of rotatable bonds is 7. The van der Waals surface area contributed by atoms with Gasteiger partial charge in [-0.2, -0.15) is 0 Å². The SMILES string of the molecule is CC1(NC(=O)COc2ccc(Cl)c(F)c2)CC(C)(NC(=O)OCc2cccc(Cl)c2)C1. The Hall–Kier alpha value is -2.51. The van der Waals surface area contributed by atoms with Crippen LogP contribution in [0.4, 0.5) is 9.18 Å². The quantitative estimate of drug-likeness (QED) is 0.607. The highest BCUT2D eigenvalue weighted by atomic mass is 35.5. The summed E-state index contributed by atoms with van der Waals surface area (Å²) in [5.41, 5.74) is -0.215. The van der Waals surface area contributed by atoms with Crippen molar-refractivity contribution in [1.29, 1.82) is 0 Å². The van der Waals surface area contributed by atoms with Crippen LogP contribution in [-0.4, -0.2) is 29.7 Å². The van der Waals surface area contributed by atoms with E-state index >= 15 is 0 Å². The maximum Gasteiger partial charge on any atom is 0.407 e. The van der Waals surface area contributed by atoms with Crippen LogP contribution in [0, 0.1) is 5.82 Å². The van der Waals surface area contributed by atoms with Crippen LogP contribution >= 0.6 is 23.2 Å². The summed E-state index contributed by atoms with van der Waals surface area (Å²) in [4.78, 5) is 24.4. The lowest BCUT2D eigenvalue weighted by Gasteiger charge is -2.53. The van der Waals surface area contributed by atoms with Crippen molar-refractivity contribution >= 4 is 35.2 Å². The Morgan fingerprint density at radius 2 is 1.77 bits per heavy atom. The summed E-state index contributed by atoms with van der Waals surface area (Å²) in [5, 5.41) is 6.29. The summed E-state index contributed by atoms with van der Waals surface area (Å²) in [5.74, 6) is -0.747. The second-order valence-electron chi connectivity index (χ2n) is 8.22. The van der Waals surface area contributed by atoms with Crippen LogP contribution in [0.3, 0.4) is 0 Å². The third kappa shape index (κ3) is 6.48. The second kappa shape index (κ2) is 9.32. The van der Waals surface area contributed by atoms with Crippen molar-refractivity contribution in [2.24, 2.45) is 0 Å². The largest absolute Gasteiger partial charge is 0.484 e. The lowest BCUT2D eigenvalue weighted by molar-refractivity contribution is -0.126. The van der Waals surface area contributed by atoms with Gasteiger partial charge in [-0.05, 0) is 56.5 Å². The molecule has 6 nitrogen and oxygen atoms in total. The van der Waals surface area contributed by atoms with E-state index < -0.39 is 23.0 Å². The van der Waals surface area contributed by atoms with Crippen LogP contribution in [0.5, 0.6) is 5.75 Å². The maximum atomic E-state index is 13.4. The molecule has 9 heteroatoms. The van der Waals surface area contributed by atoms with Crippen LogP contribution in [-0.2, 0) is 16.1 Å². The van der Waals surface area contributed by atoms with Gasteiger partial charge >= 0.3 is 6.09 Å². The van der Waals surface area contributed by atoms with Gasteiger partial charge in [-0.15, -0.1) is 0 Å². The average molecular weight is 469 g/mol. The Labute approximate surface area is 190 Å². The minimum Gasteiger partial charge on any atom is -0.484 e. The summed E-state index contributed by atoms with van der Waals surface area (Å²) in [6.07, 6.45) is 0.505. The molecule has 2 N–H and O–H groups in total. The molecule has 0 aliphatic heterocycles. The Bertz CT molecular complexity index is 980. The molecule has 0 spiro atoms. The summed E-state index contributed by atoms with van der Waals surface area (Å²) < 4.78 is 24.0. The van der Waals surface area contributed by atoms with Gasteiger partial charge in [-0.25, -0.2) is 9.18 Å². The number of benzene rings is 2. The molecule has 2 aromatic carbocycles. The first-order valence-electron chi connectivity index (χ1n) is 9.64. The fourth-order valence-electron chi connectivity index (χ4n) is 3.99. The maximum absolute atomic E-state index is 13.4. The fourth-order valence-corrected chi connectivity index (χ4v) is 4.32. The second-order valence-corrected chi connectivity index (χ2v) is 9.06. The van der Waals surface area contributed by atoms with Gasteiger partial charge in [0.25, 0.3) is 5.91 Å². The number of ether oxygens (including phenoxy) is 2. The Balaban J connectivity index is 1.41. The van der Waals surface area contributed by atoms with Gasteiger partial charge in [-0.1, -0.05) is 35.3 Å². The Kier molecular flexibility index (Phi) is 6.96. The van der Waals surface area contributed by atoms with E-state index in [-0.39, 0.29) is 29.9 Å². The first-order chi connectivity index (χ1) is 14.6. The molecular formula is C22H23Cl2FN2O4. The van der Waals surface area contributed by atoms with E-state index in [0.717, 1.165) is 11.6 Å². The van der Waals surface area contributed by atoms with Gasteiger partial charge in [0.05, 0.1) is 5.02 Å².